The van der Waals surface area contributed by atoms with Crippen LogP contribution < -0.4 is 4.72 Å². The summed E-state index contributed by atoms with van der Waals surface area (Å²) < 4.78 is 58.7. The zero-order valence-corrected chi connectivity index (χ0v) is 20.4. The Balaban J connectivity index is 1.35. The first-order valence-corrected chi connectivity index (χ1v) is 13.4. The van der Waals surface area contributed by atoms with Crippen molar-refractivity contribution in [2.45, 2.75) is 31.6 Å². The second-order valence-corrected chi connectivity index (χ2v) is 10.9. The largest absolute Gasteiger partial charge is 0.345 e. The van der Waals surface area contributed by atoms with Crippen LogP contribution in [0.5, 0.6) is 0 Å². The summed E-state index contributed by atoms with van der Waals surface area (Å²) in [6.07, 6.45) is 9.85. The third kappa shape index (κ3) is 4.36. The molecule has 0 atom stereocenters. The molecule has 37 heavy (non-hydrogen) atoms. The number of ketones is 1. The SMILES string of the molecule is O=C(c1c(F)ccc(NS(=O)(=O)N2CCCC2)c1F)c1c[nH]c2ncc(-c3cnc(C4CC4)nc3)cc12. The summed E-state index contributed by atoms with van der Waals surface area (Å²) in [4.78, 5) is 29.4. The molecule has 190 valence electrons. The number of hydrogen-bond acceptors (Lipinski definition) is 6. The molecule has 1 aliphatic carbocycles. The van der Waals surface area contributed by atoms with Crippen LogP contribution in [0.2, 0.25) is 0 Å². The second kappa shape index (κ2) is 8.96. The summed E-state index contributed by atoms with van der Waals surface area (Å²) in [5.41, 5.74) is 0.324. The highest BCUT2D eigenvalue weighted by Crippen LogP contribution is 2.38. The van der Waals surface area contributed by atoms with E-state index in [9.17, 15) is 17.6 Å². The van der Waals surface area contributed by atoms with Crippen LogP contribution in [0.1, 0.15) is 53.3 Å². The fourth-order valence-corrected chi connectivity index (χ4v) is 5.80. The Bertz CT molecular complexity index is 1630. The van der Waals surface area contributed by atoms with Gasteiger partial charge in [0, 0.05) is 65.9 Å². The predicted molar refractivity (Wildman–Crippen MR) is 132 cm³/mol. The standard InChI is InChI=1S/C25H22F2N6O3S/c26-19-5-6-20(32-37(35,36)33-7-1-2-8-33)22(27)21(19)23(34)18-13-31-25-17(18)9-15(10-30-25)16-11-28-24(29-12-16)14-3-4-14/h5-6,9-14,32H,1-4,7-8H2,(H,30,31). The molecule has 12 heteroatoms. The first kappa shape index (κ1) is 23.6. The average molecular weight is 525 g/mol. The van der Waals surface area contributed by atoms with Crippen LogP contribution >= 0.6 is 0 Å². The smallest absolute Gasteiger partial charge is 0.301 e. The normalized spacial score (nSPS) is 16.4. The van der Waals surface area contributed by atoms with Gasteiger partial charge in [-0.25, -0.2) is 23.7 Å². The monoisotopic (exact) mass is 524 g/mol. The van der Waals surface area contributed by atoms with Crippen LogP contribution in [0, 0.1) is 11.6 Å². The average Bonchev–Trinajstić information content (AvgIpc) is 3.40. The highest BCUT2D eigenvalue weighted by molar-refractivity contribution is 7.90. The molecule has 0 amide bonds. The van der Waals surface area contributed by atoms with Crippen molar-refractivity contribution in [3.8, 4) is 11.1 Å². The van der Waals surface area contributed by atoms with E-state index in [1.807, 2.05) is 0 Å². The van der Waals surface area contributed by atoms with Gasteiger partial charge in [-0.15, -0.1) is 0 Å². The van der Waals surface area contributed by atoms with E-state index in [-0.39, 0.29) is 5.56 Å². The van der Waals surface area contributed by atoms with Crippen molar-refractivity contribution in [1.82, 2.24) is 24.2 Å². The number of carbonyl (C=O) groups excluding carboxylic acids is 1. The molecule has 4 aromatic rings. The van der Waals surface area contributed by atoms with Crippen molar-refractivity contribution >= 4 is 32.7 Å². The topological polar surface area (TPSA) is 121 Å². The minimum Gasteiger partial charge on any atom is -0.345 e. The van der Waals surface area contributed by atoms with Crippen molar-refractivity contribution in [3.63, 3.8) is 0 Å². The minimum atomic E-state index is -4.04. The molecule has 1 saturated heterocycles. The summed E-state index contributed by atoms with van der Waals surface area (Å²) >= 11 is 0. The van der Waals surface area contributed by atoms with Gasteiger partial charge in [-0.3, -0.25) is 9.52 Å². The number of pyridine rings is 1. The lowest BCUT2D eigenvalue weighted by Gasteiger charge is -2.18. The Morgan fingerprint density at radius 1 is 1.03 bits per heavy atom. The van der Waals surface area contributed by atoms with Crippen LogP contribution in [0.4, 0.5) is 14.5 Å². The molecular formula is C25H22F2N6O3S. The molecule has 1 saturated carbocycles. The Labute approximate surface area is 211 Å². The van der Waals surface area contributed by atoms with Crippen LogP contribution in [0.15, 0.2) is 43.0 Å². The molecule has 3 aromatic heterocycles. The van der Waals surface area contributed by atoms with E-state index in [1.165, 1.54) is 10.5 Å². The molecule has 1 aromatic carbocycles. The fraction of sp³-hybridized carbons (Fsp3) is 0.280. The van der Waals surface area contributed by atoms with E-state index in [4.69, 9.17) is 0 Å². The van der Waals surface area contributed by atoms with Crippen LogP contribution in [0.3, 0.4) is 0 Å². The van der Waals surface area contributed by atoms with Gasteiger partial charge < -0.3 is 4.98 Å². The number of fused-ring (bicyclic) bond motifs is 1. The van der Waals surface area contributed by atoms with Gasteiger partial charge in [0.25, 0.3) is 0 Å². The quantitative estimate of drug-likeness (QED) is 0.350. The first-order valence-electron chi connectivity index (χ1n) is 11.9. The van der Waals surface area contributed by atoms with E-state index in [1.54, 1.807) is 24.7 Å². The molecule has 1 aliphatic heterocycles. The Hall–Kier alpha value is -3.77. The maximum absolute atomic E-state index is 15.4. The molecule has 4 heterocycles. The third-order valence-corrected chi connectivity index (χ3v) is 8.21. The van der Waals surface area contributed by atoms with Crippen LogP contribution in [-0.2, 0) is 10.2 Å². The van der Waals surface area contributed by atoms with Gasteiger partial charge in [0.05, 0.1) is 11.3 Å². The van der Waals surface area contributed by atoms with Gasteiger partial charge in [0.1, 0.15) is 17.3 Å². The third-order valence-electron chi connectivity index (χ3n) is 6.69. The summed E-state index contributed by atoms with van der Waals surface area (Å²) in [6, 6.07) is 3.52. The van der Waals surface area contributed by atoms with Crippen molar-refractivity contribution in [1.29, 1.82) is 0 Å². The molecule has 2 fully saturated rings. The van der Waals surface area contributed by atoms with Crippen molar-refractivity contribution in [3.05, 3.63) is 71.6 Å². The Kier molecular flexibility index (Phi) is 5.72. The number of nitrogens with one attached hydrogen (secondary N) is 2. The zero-order chi connectivity index (χ0) is 25.7. The minimum absolute atomic E-state index is 0.00258. The van der Waals surface area contributed by atoms with E-state index < -0.39 is 38.9 Å². The van der Waals surface area contributed by atoms with Crippen molar-refractivity contribution in [2.75, 3.05) is 17.8 Å². The molecule has 0 bridgehead atoms. The lowest BCUT2D eigenvalue weighted by atomic mass is 10.0. The molecule has 0 spiro atoms. The number of carbonyl (C=O) groups is 1. The summed E-state index contributed by atoms with van der Waals surface area (Å²) in [6.45, 7) is 0.617. The highest BCUT2D eigenvalue weighted by atomic mass is 32.2. The number of rotatable bonds is 7. The molecular weight excluding hydrogens is 502 g/mol. The highest BCUT2D eigenvalue weighted by Gasteiger charge is 2.30. The van der Waals surface area contributed by atoms with Gasteiger partial charge in [-0.1, -0.05) is 0 Å². The number of benzene rings is 1. The molecule has 2 aliphatic rings. The maximum Gasteiger partial charge on any atom is 0.301 e. The number of hydrogen-bond donors (Lipinski definition) is 2. The van der Waals surface area contributed by atoms with Gasteiger partial charge in [-0.2, -0.15) is 12.7 Å². The van der Waals surface area contributed by atoms with Gasteiger partial charge in [-0.05, 0) is 43.9 Å². The zero-order valence-electron chi connectivity index (χ0n) is 19.5. The predicted octanol–water partition coefficient (Wildman–Crippen LogP) is 4.16. The second-order valence-electron chi connectivity index (χ2n) is 9.25. The van der Waals surface area contributed by atoms with Gasteiger partial charge >= 0.3 is 10.2 Å². The molecule has 9 nitrogen and oxygen atoms in total. The number of aromatic nitrogens is 4. The molecule has 0 radical (unpaired) electrons. The number of nitrogens with zero attached hydrogens (tertiary/aromatic N) is 4. The molecule has 0 unspecified atom stereocenters. The Morgan fingerprint density at radius 2 is 1.73 bits per heavy atom. The first-order chi connectivity index (χ1) is 17.8. The van der Waals surface area contributed by atoms with E-state index in [0.717, 1.165) is 30.8 Å². The van der Waals surface area contributed by atoms with E-state index in [0.29, 0.717) is 54.0 Å². The number of halogens is 2. The fourth-order valence-electron chi connectivity index (χ4n) is 4.49. The van der Waals surface area contributed by atoms with Crippen molar-refractivity contribution < 1.29 is 22.0 Å². The summed E-state index contributed by atoms with van der Waals surface area (Å²) in [5, 5.41) is 0.357. The molecule has 2 N–H and O–H groups in total. The molecule has 6 rings (SSSR count). The van der Waals surface area contributed by atoms with E-state index >= 15 is 4.39 Å². The Morgan fingerprint density at radius 3 is 2.43 bits per heavy atom. The lowest BCUT2D eigenvalue weighted by molar-refractivity contribution is 0.103. The number of aromatic amines is 1. The maximum atomic E-state index is 15.4. The summed E-state index contributed by atoms with van der Waals surface area (Å²) in [5.74, 6) is -2.13. The van der Waals surface area contributed by atoms with Crippen LogP contribution in [0.25, 0.3) is 22.2 Å². The van der Waals surface area contributed by atoms with Gasteiger partial charge in [0.15, 0.2) is 5.82 Å². The number of anilines is 1. The summed E-state index contributed by atoms with van der Waals surface area (Å²) in [7, 11) is -4.04. The van der Waals surface area contributed by atoms with Crippen molar-refractivity contribution in [2.24, 2.45) is 0 Å². The van der Waals surface area contributed by atoms with Crippen LogP contribution in [-0.4, -0.2) is 51.5 Å². The van der Waals surface area contributed by atoms with E-state index in [2.05, 4.69) is 24.7 Å². The van der Waals surface area contributed by atoms with Gasteiger partial charge in [0.2, 0.25) is 5.78 Å². The number of H-pyrrole nitrogens is 1. The lowest BCUT2D eigenvalue weighted by Crippen LogP contribution is -2.33.